The Morgan fingerprint density at radius 2 is 2.60 bits per heavy atom. The lowest BCUT2D eigenvalue weighted by Gasteiger charge is -2.03. The molecule has 0 spiro atoms. The van der Waals surface area contributed by atoms with E-state index in [2.05, 4.69) is 0 Å². The minimum atomic E-state index is 0.450. The van der Waals surface area contributed by atoms with Crippen molar-refractivity contribution >= 4 is 0 Å². The van der Waals surface area contributed by atoms with Crippen molar-refractivity contribution in [1.29, 1.82) is 0 Å². The minimum Gasteiger partial charge on any atom is -0.505 e. The van der Waals surface area contributed by atoms with Crippen LogP contribution in [0.25, 0.3) is 0 Å². The van der Waals surface area contributed by atoms with Crippen molar-refractivity contribution in [3.8, 4) is 0 Å². The van der Waals surface area contributed by atoms with Gasteiger partial charge in [-0.15, -0.1) is 0 Å². The molecule has 0 aliphatic carbocycles. The molecule has 0 aromatic rings. The maximum Gasteiger partial charge on any atom is 0.0785 e. The summed E-state index contributed by atoms with van der Waals surface area (Å²) in [4.78, 5) is 0. The van der Waals surface area contributed by atoms with Gasteiger partial charge in [0.25, 0.3) is 0 Å². The largest absolute Gasteiger partial charge is 0.505 e. The lowest BCUT2D eigenvalue weighted by atomic mass is 10.2. The molecule has 2 nitrogen and oxygen atoms in total. The Balaban J connectivity index is 2.06. The first-order valence-corrected chi connectivity index (χ1v) is 3.73. The van der Waals surface area contributed by atoms with Crippen molar-refractivity contribution in [2.75, 3.05) is 13.7 Å². The third kappa shape index (κ3) is 2.40. The molecule has 1 aliphatic rings. The second-order valence-electron chi connectivity index (χ2n) is 2.48. The second kappa shape index (κ2) is 4.34. The Kier molecular flexibility index (Phi) is 3.30. The molecule has 0 aromatic carbocycles. The van der Waals surface area contributed by atoms with Crippen molar-refractivity contribution in [1.82, 2.24) is 0 Å². The van der Waals surface area contributed by atoms with Crippen molar-refractivity contribution < 1.29 is 9.47 Å². The number of rotatable bonds is 3. The van der Waals surface area contributed by atoms with E-state index in [0.717, 1.165) is 13.0 Å². The van der Waals surface area contributed by atoms with Gasteiger partial charge in [-0.05, 0) is 25.3 Å². The molecule has 1 unspecified atom stereocenters. The van der Waals surface area contributed by atoms with Gasteiger partial charge < -0.3 is 9.47 Å². The minimum absolute atomic E-state index is 0.450. The van der Waals surface area contributed by atoms with Gasteiger partial charge in [-0.1, -0.05) is 0 Å². The predicted molar refractivity (Wildman–Crippen MR) is 39.7 cm³/mol. The Morgan fingerprint density at radius 1 is 1.70 bits per heavy atom. The summed E-state index contributed by atoms with van der Waals surface area (Å²) >= 11 is 0. The zero-order chi connectivity index (χ0) is 7.23. The van der Waals surface area contributed by atoms with Crippen LogP contribution in [0.4, 0.5) is 0 Å². The summed E-state index contributed by atoms with van der Waals surface area (Å²) < 4.78 is 10.2. The fourth-order valence-electron chi connectivity index (χ4n) is 1.13. The Bertz CT molecular complexity index is 104. The van der Waals surface area contributed by atoms with Gasteiger partial charge in [-0.3, -0.25) is 0 Å². The van der Waals surface area contributed by atoms with Crippen LogP contribution in [0.5, 0.6) is 0 Å². The number of methoxy groups -OCH3 is 1. The highest BCUT2D eigenvalue weighted by atomic mass is 16.5. The lowest BCUT2D eigenvalue weighted by Crippen LogP contribution is -2.01. The van der Waals surface area contributed by atoms with Crippen LogP contribution in [0, 0.1) is 0 Å². The molecule has 1 heterocycles. The quantitative estimate of drug-likeness (QED) is 0.558. The van der Waals surface area contributed by atoms with E-state index in [1.807, 2.05) is 6.08 Å². The van der Waals surface area contributed by atoms with Gasteiger partial charge in [0.05, 0.1) is 19.5 Å². The van der Waals surface area contributed by atoms with Crippen molar-refractivity contribution in [3.05, 3.63) is 12.3 Å². The van der Waals surface area contributed by atoms with Gasteiger partial charge in [-0.2, -0.15) is 0 Å². The maximum absolute atomic E-state index is 5.39. The molecule has 0 radical (unpaired) electrons. The number of hydrogen-bond acceptors (Lipinski definition) is 2. The van der Waals surface area contributed by atoms with Crippen LogP contribution in [0.15, 0.2) is 12.3 Å². The zero-order valence-electron chi connectivity index (χ0n) is 6.38. The summed E-state index contributed by atoms with van der Waals surface area (Å²) in [5.41, 5.74) is 0. The molecule has 0 saturated carbocycles. The summed E-state index contributed by atoms with van der Waals surface area (Å²) in [6, 6.07) is 0. The normalized spacial score (nSPS) is 25.9. The van der Waals surface area contributed by atoms with Gasteiger partial charge in [0.15, 0.2) is 0 Å². The molecule has 1 rings (SSSR count). The lowest BCUT2D eigenvalue weighted by molar-refractivity contribution is 0.113. The van der Waals surface area contributed by atoms with Crippen LogP contribution in [-0.2, 0) is 9.47 Å². The zero-order valence-corrected chi connectivity index (χ0v) is 6.38. The number of hydrogen-bond donors (Lipinski definition) is 0. The molecule has 1 saturated heterocycles. The molecule has 1 fully saturated rings. The van der Waals surface area contributed by atoms with Crippen LogP contribution in [0.1, 0.15) is 19.3 Å². The molecule has 0 N–H and O–H groups in total. The fourth-order valence-corrected chi connectivity index (χ4v) is 1.13. The van der Waals surface area contributed by atoms with Gasteiger partial charge in [-0.25, -0.2) is 0 Å². The van der Waals surface area contributed by atoms with E-state index in [0.29, 0.717) is 6.10 Å². The molecule has 0 amide bonds. The van der Waals surface area contributed by atoms with Crippen LogP contribution < -0.4 is 0 Å². The maximum atomic E-state index is 5.39. The molecule has 0 aromatic heterocycles. The molecule has 1 aliphatic heterocycles. The van der Waals surface area contributed by atoms with Crippen LogP contribution in [-0.4, -0.2) is 19.8 Å². The van der Waals surface area contributed by atoms with Crippen molar-refractivity contribution in [3.63, 3.8) is 0 Å². The first-order valence-electron chi connectivity index (χ1n) is 3.73. The third-order valence-corrected chi connectivity index (χ3v) is 1.66. The van der Waals surface area contributed by atoms with E-state index in [1.54, 1.807) is 13.4 Å². The Labute approximate surface area is 61.8 Å². The summed E-state index contributed by atoms with van der Waals surface area (Å²) in [6.07, 6.45) is 7.58. The summed E-state index contributed by atoms with van der Waals surface area (Å²) in [5, 5.41) is 0. The predicted octanol–water partition coefficient (Wildman–Crippen LogP) is 1.72. The van der Waals surface area contributed by atoms with E-state index < -0.39 is 0 Å². The van der Waals surface area contributed by atoms with Crippen molar-refractivity contribution in [2.24, 2.45) is 0 Å². The number of ether oxygens (including phenoxy) is 2. The summed E-state index contributed by atoms with van der Waals surface area (Å²) in [5.74, 6) is 0. The summed E-state index contributed by atoms with van der Waals surface area (Å²) in [7, 11) is 1.66. The van der Waals surface area contributed by atoms with Gasteiger partial charge in [0.2, 0.25) is 0 Å². The molecule has 2 heteroatoms. The van der Waals surface area contributed by atoms with Crippen LogP contribution >= 0.6 is 0 Å². The fraction of sp³-hybridized carbons (Fsp3) is 0.750. The highest BCUT2D eigenvalue weighted by Crippen LogP contribution is 2.15. The Morgan fingerprint density at radius 3 is 3.20 bits per heavy atom. The first kappa shape index (κ1) is 7.61. The summed E-state index contributed by atoms with van der Waals surface area (Å²) in [6.45, 7) is 0.936. The first-order chi connectivity index (χ1) is 4.93. The molecule has 58 valence electrons. The van der Waals surface area contributed by atoms with E-state index in [4.69, 9.17) is 9.47 Å². The van der Waals surface area contributed by atoms with E-state index >= 15 is 0 Å². The molecular formula is C8H14O2. The third-order valence-electron chi connectivity index (χ3n) is 1.66. The van der Waals surface area contributed by atoms with E-state index in [-0.39, 0.29) is 0 Å². The van der Waals surface area contributed by atoms with E-state index in [9.17, 15) is 0 Å². The monoisotopic (exact) mass is 142 g/mol. The average molecular weight is 142 g/mol. The van der Waals surface area contributed by atoms with E-state index in [1.165, 1.54) is 12.8 Å². The average Bonchev–Trinajstić information content (AvgIpc) is 2.41. The van der Waals surface area contributed by atoms with Gasteiger partial charge in [0.1, 0.15) is 0 Å². The second-order valence-corrected chi connectivity index (χ2v) is 2.48. The van der Waals surface area contributed by atoms with Crippen LogP contribution in [0.2, 0.25) is 0 Å². The standard InChI is InChI=1S/C8H14O2/c1-9-6-2-4-8-5-3-7-10-8/h2,6,8H,3-5,7H2,1H3. The highest BCUT2D eigenvalue weighted by molar-refractivity contribution is 4.79. The molecular weight excluding hydrogens is 128 g/mol. The topological polar surface area (TPSA) is 18.5 Å². The van der Waals surface area contributed by atoms with Gasteiger partial charge in [0, 0.05) is 6.61 Å². The van der Waals surface area contributed by atoms with Crippen molar-refractivity contribution in [2.45, 2.75) is 25.4 Å². The molecule has 0 bridgehead atoms. The SMILES string of the molecule is COC=CCC1CCCO1. The molecule has 10 heavy (non-hydrogen) atoms. The molecule has 1 atom stereocenters. The Hall–Kier alpha value is -0.500. The smallest absolute Gasteiger partial charge is 0.0785 e. The van der Waals surface area contributed by atoms with Gasteiger partial charge >= 0.3 is 0 Å². The highest BCUT2D eigenvalue weighted by Gasteiger charge is 2.12. The van der Waals surface area contributed by atoms with Crippen LogP contribution in [0.3, 0.4) is 0 Å².